The van der Waals surface area contributed by atoms with Crippen LogP contribution in [0.4, 0.5) is 0 Å². The molecule has 1 nitrogen and oxygen atoms in total. The Morgan fingerprint density at radius 3 is 2.59 bits per heavy atom. The molecule has 0 aromatic heterocycles. The van der Waals surface area contributed by atoms with E-state index in [0.717, 1.165) is 11.7 Å². The molecule has 0 saturated heterocycles. The standard InChI is InChI=1S/C15H23NS/c1-16-14(11-13-7-3-2-4-8-13)12-17-15-9-5-6-10-15/h2-4,7-8,14-16H,5-6,9-12H2,1H3. The molecule has 0 heterocycles. The van der Waals surface area contributed by atoms with Crippen molar-refractivity contribution in [3.8, 4) is 0 Å². The van der Waals surface area contributed by atoms with Crippen LogP contribution in [0.5, 0.6) is 0 Å². The van der Waals surface area contributed by atoms with E-state index < -0.39 is 0 Å². The molecule has 1 saturated carbocycles. The van der Waals surface area contributed by atoms with E-state index >= 15 is 0 Å². The summed E-state index contributed by atoms with van der Waals surface area (Å²) in [5, 5.41) is 4.39. The Morgan fingerprint density at radius 2 is 1.94 bits per heavy atom. The molecular formula is C15H23NS. The summed E-state index contributed by atoms with van der Waals surface area (Å²) in [5.41, 5.74) is 1.44. The van der Waals surface area contributed by atoms with Gasteiger partial charge in [-0.05, 0) is 31.9 Å². The van der Waals surface area contributed by atoms with Gasteiger partial charge < -0.3 is 5.32 Å². The summed E-state index contributed by atoms with van der Waals surface area (Å²) in [4.78, 5) is 0. The molecule has 0 bridgehead atoms. The summed E-state index contributed by atoms with van der Waals surface area (Å²) in [5.74, 6) is 1.25. The van der Waals surface area contributed by atoms with E-state index in [0.29, 0.717) is 6.04 Å². The summed E-state index contributed by atoms with van der Waals surface area (Å²) in [6, 6.07) is 11.4. The van der Waals surface area contributed by atoms with Crippen molar-refractivity contribution in [2.45, 2.75) is 43.4 Å². The molecule has 0 spiro atoms. The van der Waals surface area contributed by atoms with Gasteiger partial charge in [0.1, 0.15) is 0 Å². The molecule has 94 valence electrons. The van der Waals surface area contributed by atoms with E-state index in [-0.39, 0.29) is 0 Å². The highest BCUT2D eigenvalue weighted by Gasteiger charge is 2.17. The van der Waals surface area contributed by atoms with Crippen molar-refractivity contribution in [2.24, 2.45) is 0 Å². The Labute approximate surface area is 109 Å². The Kier molecular flexibility index (Phi) is 5.40. The number of likely N-dealkylation sites (N-methyl/N-ethyl adjacent to an activating group) is 1. The van der Waals surface area contributed by atoms with E-state index in [1.807, 2.05) is 0 Å². The summed E-state index contributed by atoms with van der Waals surface area (Å²) < 4.78 is 0. The van der Waals surface area contributed by atoms with Gasteiger partial charge in [0, 0.05) is 17.0 Å². The zero-order chi connectivity index (χ0) is 11.9. The van der Waals surface area contributed by atoms with Crippen molar-refractivity contribution in [1.29, 1.82) is 0 Å². The molecule has 17 heavy (non-hydrogen) atoms. The molecule has 1 fully saturated rings. The Morgan fingerprint density at radius 1 is 1.24 bits per heavy atom. The summed E-state index contributed by atoms with van der Waals surface area (Å²) in [6.07, 6.45) is 6.91. The fourth-order valence-electron chi connectivity index (χ4n) is 2.45. The van der Waals surface area contributed by atoms with Crippen LogP contribution in [0.15, 0.2) is 30.3 Å². The molecule has 2 rings (SSSR count). The number of hydrogen-bond acceptors (Lipinski definition) is 2. The number of hydrogen-bond donors (Lipinski definition) is 1. The maximum atomic E-state index is 3.45. The van der Waals surface area contributed by atoms with Gasteiger partial charge >= 0.3 is 0 Å². The molecule has 1 unspecified atom stereocenters. The molecule has 2 heteroatoms. The largest absolute Gasteiger partial charge is 0.316 e. The average molecular weight is 249 g/mol. The van der Waals surface area contributed by atoms with Gasteiger partial charge in [0.15, 0.2) is 0 Å². The molecule has 1 aromatic rings. The van der Waals surface area contributed by atoms with Gasteiger partial charge in [-0.25, -0.2) is 0 Å². The van der Waals surface area contributed by atoms with Crippen molar-refractivity contribution in [3.05, 3.63) is 35.9 Å². The molecule has 1 atom stereocenters. The van der Waals surface area contributed by atoms with Crippen molar-refractivity contribution in [2.75, 3.05) is 12.8 Å². The Hall–Kier alpha value is -0.470. The van der Waals surface area contributed by atoms with E-state index in [2.05, 4.69) is 54.5 Å². The first kappa shape index (κ1) is 13.0. The van der Waals surface area contributed by atoms with Crippen molar-refractivity contribution >= 4 is 11.8 Å². The monoisotopic (exact) mass is 249 g/mol. The smallest absolute Gasteiger partial charge is 0.0195 e. The number of rotatable bonds is 6. The molecule has 1 aromatic carbocycles. The third-order valence-corrected chi connectivity index (χ3v) is 5.11. The number of nitrogens with one attached hydrogen (secondary N) is 1. The minimum atomic E-state index is 0.614. The van der Waals surface area contributed by atoms with Crippen LogP contribution in [0.25, 0.3) is 0 Å². The lowest BCUT2D eigenvalue weighted by Gasteiger charge is -2.18. The van der Waals surface area contributed by atoms with Crippen LogP contribution in [0.2, 0.25) is 0 Å². The van der Waals surface area contributed by atoms with Crippen LogP contribution < -0.4 is 5.32 Å². The van der Waals surface area contributed by atoms with E-state index in [1.165, 1.54) is 37.0 Å². The fraction of sp³-hybridized carbons (Fsp3) is 0.600. The first-order valence-electron chi connectivity index (χ1n) is 6.71. The van der Waals surface area contributed by atoms with E-state index in [1.54, 1.807) is 0 Å². The second-order valence-corrected chi connectivity index (χ2v) is 6.25. The topological polar surface area (TPSA) is 12.0 Å². The minimum Gasteiger partial charge on any atom is -0.316 e. The van der Waals surface area contributed by atoms with Gasteiger partial charge in [-0.2, -0.15) is 11.8 Å². The first-order valence-corrected chi connectivity index (χ1v) is 7.76. The predicted molar refractivity (Wildman–Crippen MR) is 77.7 cm³/mol. The summed E-state index contributed by atoms with van der Waals surface area (Å²) >= 11 is 2.17. The third-order valence-electron chi connectivity index (χ3n) is 3.57. The lowest BCUT2D eigenvalue weighted by Crippen LogP contribution is -2.30. The fourth-order valence-corrected chi connectivity index (χ4v) is 3.91. The first-order chi connectivity index (χ1) is 8.38. The summed E-state index contributed by atoms with van der Waals surface area (Å²) in [7, 11) is 2.09. The maximum absolute atomic E-state index is 3.45. The zero-order valence-corrected chi connectivity index (χ0v) is 11.5. The van der Waals surface area contributed by atoms with Gasteiger partial charge in [0.25, 0.3) is 0 Å². The lowest BCUT2D eigenvalue weighted by atomic mass is 10.1. The molecule has 0 aliphatic heterocycles. The Bertz CT molecular complexity index is 306. The van der Waals surface area contributed by atoms with Gasteiger partial charge in [-0.3, -0.25) is 0 Å². The molecule has 1 aliphatic carbocycles. The van der Waals surface area contributed by atoms with Crippen LogP contribution >= 0.6 is 11.8 Å². The van der Waals surface area contributed by atoms with Crippen LogP contribution in [0.3, 0.4) is 0 Å². The highest BCUT2D eigenvalue weighted by atomic mass is 32.2. The molecule has 1 N–H and O–H groups in total. The summed E-state index contributed by atoms with van der Waals surface area (Å²) in [6.45, 7) is 0. The highest BCUT2D eigenvalue weighted by molar-refractivity contribution is 7.99. The van der Waals surface area contributed by atoms with E-state index in [9.17, 15) is 0 Å². The average Bonchev–Trinajstić information content (AvgIpc) is 2.89. The maximum Gasteiger partial charge on any atom is 0.0195 e. The zero-order valence-electron chi connectivity index (χ0n) is 10.7. The predicted octanol–water partition coefficient (Wildman–Crippen LogP) is 3.49. The van der Waals surface area contributed by atoms with Crippen LogP contribution in [-0.4, -0.2) is 24.1 Å². The molecule has 0 amide bonds. The van der Waals surface area contributed by atoms with Gasteiger partial charge in [-0.15, -0.1) is 0 Å². The molecule has 1 aliphatic rings. The van der Waals surface area contributed by atoms with Gasteiger partial charge in [0.05, 0.1) is 0 Å². The van der Waals surface area contributed by atoms with Crippen LogP contribution in [0.1, 0.15) is 31.2 Å². The van der Waals surface area contributed by atoms with Crippen molar-refractivity contribution in [3.63, 3.8) is 0 Å². The van der Waals surface area contributed by atoms with Crippen LogP contribution in [0, 0.1) is 0 Å². The highest BCUT2D eigenvalue weighted by Crippen LogP contribution is 2.29. The molecule has 0 radical (unpaired) electrons. The number of thioether (sulfide) groups is 1. The Balaban J connectivity index is 1.76. The second-order valence-electron chi connectivity index (χ2n) is 4.92. The van der Waals surface area contributed by atoms with Gasteiger partial charge in [0.2, 0.25) is 0 Å². The van der Waals surface area contributed by atoms with Crippen LogP contribution in [-0.2, 0) is 6.42 Å². The SMILES string of the molecule is CNC(CSC1CCCC1)Cc1ccccc1. The lowest BCUT2D eigenvalue weighted by molar-refractivity contribution is 0.616. The number of benzene rings is 1. The van der Waals surface area contributed by atoms with E-state index in [4.69, 9.17) is 0 Å². The second kappa shape index (κ2) is 7.07. The minimum absolute atomic E-state index is 0.614. The van der Waals surface area contributed by atoms with Crippen molar-refractivity contribution < 1.29 is 0 Å². The van der Waals surface area contributed by atoms with Gasteiger partial charge in [-0.1, -0.05) is 43.2 Å². The van der Waals surface area contributed by atoms with Crippen molar-refractivity contribution in [1.82, 2.24) is 5.32 Å². The molecular weight excluding hydrogens is 226 g/mol. The third kappa shape index (κ3) is 4.36. The normalized spacial score (nSPS) is 18.4. The quantitative estimate of drug-likeness (QED) is 0.828.